The number of likely N-dealkylation sites (N-methyl/N-ethyl adjacent to an activating group) is 1. The van der Waals surface area contributed by atoms with Crippen LogP contribution in [0.5, 0.6) is 11.5 Å². The van der Waals surface area contributed by atoms with E-state index in [1.807, 2.05) is 11.0 Å². The minimum Gasteiger partial charge on any atom is -0.493 e. The number of hydrogen-bond acceptors (Lipinski definition) is 4. The molecule has 0 spiro atoms. The van der Waals surface area contributed by atoms with Gasteiger partial charge in [0.25, 0.3) is 5.91 Å². The Hall–Kier alpha value is -2.99. The van der Waals surface area contributed by atoms with E-state index < -0.39 is 0 Å². The zero-order valence-electron chi connectivity index (χ0n) is 17.9. The van der Waals surface area contributed by atoms with Crippen molar-refractivity contribution in [3.8, 4) is 11.5 Å². The number of rotatable bonds is 9. The Kier molecular flexibility index (Phi) is 5.95. The first kappa shape index (κ1) is 20.3. The smallest absolute Gasteiger partial charge is 0.254 e. The average molecular weight is 408 g/mol. The summed E-state index contributed by atoms with van der Waals surface area (Å²) in [5.74, 6) is 1.35. The molecule has 0 aliphatic carbocycles. The summed E-state index contributed by atoms with van der Waals surface area (Å²) in [5, 5.41) is 1.30. The molecule has 2 aromatic carbocycles. The maximum absolute atomic E-state index is 12.8. The Labute approximate surface area is 177 Å². The summed E-state index contributed by atoms with van der Waals surface area (Å²) in [6, 6.07) is 12.1. The topological polar surface area (TPSA) is 57.8 Å². The lowest BCUT2D eigenvalue weighted by Gasteiger charge is -2.20. The predicted octanol–water partition coefficient (Wildman–Crippen LogP) is 3.71. The van der Waals surface area contributed by atoms with Crippen LogP contribution in [0.2, 0.25) is 0 Å². The number of nitrogens with one attached hydrogen (secondary N) is 1. The fourth-order valence-corrected chi connectivity index (χ4v) is 4.17. The third kappa shape index (κ3) is 4.00. The van der Waals surface area contributed by atoms with Gasteiger partial charge in [-0.25, -0.2) is 0 Å². The van der Waals surface area contributed by atoms with Gasteiger partial charge in [-0.15, -0.1) is 0 Å². The van der Waals surface area contributed by atoms with E-state index in [2.05, 4.69) is 47.4 Å². The fraction of sp³-hybridized carbons (Fsp3) is 0.375. The molecule has 0 bridgehead atoms. The Morgan fingerprint density at radius 2 is 1.87 bits per heavy atom. The molecule has 0 saturated heterocycles. The Morgan fingerprint density at radius 1 is 1.10 bits per heavy atom. The van der Waals surface area contributed by atoms with Gasteiger partial charge in [-0.1, -0.05) is 18.2 Å². The number of para-hydroxylation sites is 1. The van der Waals surface area contributed by atoms with Crippen molar-refractivity contribution in [3.05, 3.63) is 59.3 Å². The van der Waals surface area contributed by atoms with E-state index in [1.54, 1.807) is 20.3 Å². The van der Waals surface area contributed by atoms with Crippen LogP contribution in [0.1, 0.15) is 27.9 Å². The molecule has 0 fully saturated rings. The molecule has 0 radical (unpaired) electrons. The summed E-state index contributed by atoms with van der Waals surface area (Å²) in [7, 11) is 5.35. The summed E-state index contributed by atoms with van der Waals surface area (Å²) < 4.78 is 10.7. The standard InChI is InChI=1S/C24H29N3O3/c1-26(12-9-17-15-25-21-8-5-4-7-19(17)21)10-6-11-27-16-18-13-22(29-2)23(30-3)14-20(18)24(27)28/h4-5,7-8,13-15,25H,6,9-12,16H2,1-3H3. The highest BCUT2D eigenvalue weighted by molar-refractivity contribution is 5.99. The first-order chi connectivity index (χ1) is 14.6. The van der Waals surface area contributed by atoms with Crippen LogP contribution in [0.4, 0.5) is 0 Å². The largest absolute Gasteiger partial charge is 0.493 e. The number of ether oxygens (including phenoxy) is 2. The van der Waals surface area contributed by atoms with E-state index in [9.17, 15) is 4.79 Å². The number of benzene rings is 2. The lowest BCUT2D eigenvalue weighted by Crippen LogP contribution is -2.29. The molecule has 3 aromatic rings. The molecule has 4 rings (SSSR count). The molecule has 0 saturated carbocycles. The Bertz CT molecular complexity index is 1040. The number of aromatic amines is 1. The second-order valence-electron chi connectivity index (χ2n) is 7.86. The molecule has 30 heavy (non-hydrogen) atoms. The number of hydrogen-bond donors (Lipinski definition) is 1. The van der Waals surface area contributed by atoms with Crippen LogP contribution >= 0.6 is 0 Å². The number of carbonyl (C=O) groups excluding carboxylic acids is 1. The summed E-state index contributed by atoms with van der Waals surface area (Å²) in [4.78, 5) is 20.3. The lowest BCUT2D eigenvalue weighted by atomic mass is 10.1. The van der Waals surface area contributed by atoms with Crippen molar-refractivity contribution in [2.75, 3.05) is 40.9 Å². The van der Waals surface area contributed by atoms with Crippen molar-refractivity contribution in [3.63, 3.8) is 0 Å². The van der Waals surface area contributed by atoms with Gasteiger partial charge in [0.2, 0.25) is 0 Å². The van der Waals surface area contributed by atoms with Gasteiger partial charge in [0.05, 0.1) is 14.2 Å². The lowest BCUT2D eigenvalue weighted by molar-refractivity contribution is 0.0772. The van der Waals surface area contributed by atoms with Crippen LogP contribution < -0.4 is 9.47 Å². The summed E-state index contributed by atoms with van der Waals surface area (Å²) in [6.07, 6.45) is 4.06. The molecule has 6 heteroatoms. The zero-order chi connectivity index (χ0) is 21.1. The second kappa shape index (κ2) is 8.79. The van der Waals surface area contributed by atoms with Gasteiger partial charge in [0.15, 0.2) is 11.5 Å². The van der Waals surface area contributed by atoms with Gasteiger partial charge in [-0.05, 0) is 55.8 Å². The first-order valence-electron chi connectivity index (χ1n) is 10.4. The van der Waals surface area contributed by atoms with Gasteiger partial charge < -0.3 is 24.3 Å². The molecular formula is C24H29N3O3. The van der Waals surface area contributed by atoms with Gasteiger partial charge in [0.1, 0.15) is 0 Å². The highest BCUT2D eigenvalue weighted by Crippen LogP contribution is 2.34. The second-order valence-corrected chi connectivity index (χ2v) is 7.86. The van der Waals surface area contributed by atoms with Crippen LogP contribution in [0.25, 0.3) is 10.9 Å². The summed E-state index contributed by atoms with van der Waals surface area (Å²) >= 11 is 0. The van der Waals surface area contributed by atoms with Crippen LogP contribution in [-0.2, 0) is 13.0 Å². The maximum atomic E-state index is 12.8. The highest BCUT2D eigenvalue weighted by atomic mass is 16.5. The summed E-state index contributed by atoms with van der Waals surface area (Å²) in [6.45, 7) is 3.32. The van der Waals surface area contributed by atoms with E-state index >= 15 is 0 Å². The van der Waals surface area contributed by atoms with Crippen LogP contribution in [0.15, 0.2) is 42.6 Å². The van der Waals surface area contributed by atoms with Crippen molar-refractivity contribution in [2.24, 2.45) is 0 Å². The first-order valence-corrected chi connectivity index (χ1v) is 10.4. The highest BCUT2D eigenvalue weighted by Gasteiger charge is 2.29. The van der Waals surface area contributed by atoms with Crippen LogP contribution in [0.3, 0.4) is 0 Å². The number of methoxy groups -OCH3 is 2. The molecule has 1 aromatic heterocycles. The van der Waals surface area contributed by atoms with Gasteiger partial charge in [0, 0.05) is 42.3 Å². The minimum atomic E-state index is 0.0763. The maximum Gasteiger partial charge on any atom is 0.254 e. The van der Waals surface area contributed by atoms with E-state index in [0.717, 1.165) is 43.6 Å². The van der Waals surface area contributed by atoms with Crippen molar-refractivity contribution < 1.29 is 14.3 Å². The van der Waals surface area contributed by atoms with E-state index in [4.69, 9.17) is 9.47 Å². The van der Waals surface area contributed by atoms with Gasteiger partial charge in [-0.2, -0.15) is 0 Å². The number of fused-ring (bicyclic) bond motifs is 2. The number of H-pyrrole nitrogens is 1. The number of nitrogens with zero attached hydrogens (tertiary/aromatic N) is 2. The molecule has 1 aliphatic rings. The SMILES string of the molecule is COc1cc2c(cc1OC)C(=O)N(CCCN(C)CCc1c[nH]c3ccccc13)C2. The number of amides is 1. The van der Waals surface area contributed by atoms with E-state index in [1.165, 1.54) is 16.5 Å². The molecule has 2 heterocycles. The van der Waals surface area contributed by atoms with Crippen molar-refractivity contribution in [2.45, 2.75) is 19.4 Å². The predicted molar refractivity (Wildman–Crippen MR) is 118 cm³/mol. The normalized spacial score (nSPS) is 13.3. The fourth-order valence-electron chi connectivity index (χ4n) is 4.17. The monoisotopic (exact) mass is 407 g/mol. The molecule has 1 amide bonds. The van der Waals surface area contributed by atoms with Crippen LogP contribution in [-0.4, -0.2) is 61.6 Å². The van der Waals surface area contributed by atoms with Crippen molar-refractivity contribution in [1.82, 2.24) is 14.8 Å². The minimum absolute atomic E-state index is 0.0763. The van der Waals surface area contributed by atoms with Crippen molar-refractivity contribution >= 4 is 16.8 Å². The zero-order valence-corrected chi connectivity index (χ0v) is 17.9. The number of aromatic nitrogens is 1. The molecule has 158 valence electrons. The quantitative estimate of drug-likeness (QED) is 0.588. The molecule has 1 aliphatic heterocycles. The molecule has 6 nitrogen and oxygen atoms in total. The Balaban J connectivity index is 1.27. The average Bonchev–Trinajstić information content (AvgIpc) is 3.32. The third-order valence-corrected chi connectivity index (χ3v) is 5.89. The molecule has 0 unspecified atom stereocenters. The van der Waals surface area contributed by atoms with Crippen molar-refractivity contribution in [1.29, 1.82) is 0 Å². The van der Waals surface area contributed by atoms with Crippen LogP contribution in [0, 0.1) is 0 Å². The number of carbonyl (C=O) groups is 1. The van der Waals surface area contributed by atoms with Gasteiger partial charge >= 0.3 is 0 Å². The molecular weight excluding hydrogens is 378 g/mol. The van der Waals surface area contributed by atoms with E-state index in [0.29, 0.717) is 18.0 Å². The molecule has 1 N–H and O–H groups in total. The summed E-state index contributed by atoms with van der Waals surface area (Å²) in [5.41, 5.74) is 4.27. The molecule has 0 atom stereocenters. The third-order valence-electron chi connectivity index (χ3n) is 5.89. The van der Waals surface area contributed by atoms with E-state index in [-0.39, 0.29) is 5.91 Å². The van der Waals surface area contributed by atoms with Gasteiger partial charge in [-0.3, -0.25) is 4.79 Å². The Morgan fingerprint density at radius 3 is 2.67 bits per heavy atom.